The highest BCUT2D eigenvalue weighted by Gasteiger charge is 2.06. The minimum atomic E-state index is -0.512. The first-order valence-corrected chi connectivity index (χ1v) is 6.72. The van der Waals surface area contributed by atoms with E-state index in [0.29, 0.717) is 21.5 Å². The van der Waals surface area contributed by atoms with E-state index < -0.39 is 6.03 Å². The van der Waals surface area contributed by atoms with Crippen molar-refractivity contribution in [1.82, 2.24) is 5.32 Å². The van der Waals surface area contributed by atoms with E-state index >= 15 is 0 Å². The number of phenolic OH excluding ortho intramolecular Hbond substituents is 1. The topological polar surface area (TPSA) is 70.6 Å². The molecule has 2 aromatic rings. The Morgan fingerprint density at radius 2 is 1.95 bits per heavy atom. The Labute approximate surface area is 131 Å². The van der Waals surface area contributed by atoms with E-state index in [1.54, 1.807) is 36.4 Å². The lowest BCUT2D eigenvalue weighted by molar-refractivity contribution is 0.234. The molecule has 0 fully saturated rings. The molecular formula is C14H12Cl2N2O3. The van der Waals surface area contributed by atoms with Crippen molar-refractivity contribution in [3.63, 3.8) is 0 Å². The number of halogens is 2. The van der Waals surface area contributed by atoms with Gasteiger partial charge >= 0.3 is 6.03 Å². The molecule has 7 heteroatoms. The van der Waals surface area contributed by atoms with Crippen LogP contribution in [0.15, 0.2) is 42.5 Å². The lowest BCUT2D eigenvalue weighted by Crippen LogP contribution is -2.32. The summed E-state index contributed by atoms with van der Waals surface area (Å²) in [7, 11) is 0. The van der Waals surface area contributed by atoms with Gasteiger partial charge in [-0.25, -0.2) is 4.79 Å². The van der Waals surface area contributed by atoms with Crippen LogP contribution in [-0.2, 0) is 0 Å². The molecule has 0 atom stereocenters. The molecule has 0 bridgehead atoms. The van der Waals surface area contributed by atoms with Gasteiger partial charge in [0.15, 0.2) is 6.73 Å². The van der Waals surface area contributed by atoms with Gasteiger partial charge in [0.1, 0.15) is 11.5 Å². The van der Waals surface area contributed by atoms with E-state index in [2.05, 4.69) is 10.6 Å². The number of nitrogens with one attached hydrogen (secondary N) is 2. The van der Waals surface area contributed by atoms with Crippen molar-refractivity contribution in [3.8, 4) is 11.5 Å². The summed E-state index contributed by atoms with van der Waals surface area (Å²) in [6.45, 7) is -0.0826. The van der Waals surface area contributed by atoms with Gasteiger partial charge < -0.3 is 20.5 Å². The molecule has 0 heterocycles. The maximum Gasteiger partial charge on any atom is 0.321 e. The fraction of sp³-hybridized carbons (Fsp3) is 0.0714. The van der Waals surface area contributed by atoms with Gasteiger partial charge in [-0.15, -0.1) is 0 Å². The van der Waals surface area contributed by atoms with E-state index in [0.717, 1.165) is 0 Å². The predicted molar refractivity (Wildman–Crippen MR) is 82.2 cm³/mol. The summed E-state index contributed by atoms with van der Waals surface area (Å²) in [4.78, 5) is 11.6. The van der Waals surface area contributed by atoms with Crippen LogP contribution in [0.25, 0.3) is 0 Å². The Morgan fingerprint density at radius 3 is 2.67 bits per heavy atom. The summed E-state index contributed by atoms with van der Waals surface area (Å²) >= 11 is 11.7. The number of hydrogen-bond donors (Lipinski definition) is 3. The Bertz CT molecular complexity index is 650. The molecule has 0 radical (unpaired) electrons. The maximum atomic E-state index is 11.6. The Morgan fingerprint density at radius 1 is 1.19 bits per heavy atom. The summed E-state index contributed by atoms with van der Waals surface area (Å²) < 4.78 is 5.31. The van der Waals surface area contributed by atoms with E-state index in [4.69, 9.17) is 27.9 Å². The van der Waals surface area contributed by atoms with Crippen LogP contribution in [0.2, 0.25) is 10.0 Å². The van der Waals surface area contributed by atoms with Crippen LogP contribution in [0.5, 0.6) is 11.5 Å². The largest absolute Gasteiger partial charge is 0.506 e. The molecule has 110 valence electrons. The fourth-order valence-corrected chi connectivity index (χ4v) is 1.98. The Balaban J connectivity index is 1.83. The first-order chi connectivity index (χ1) is 10.1. The number of phenols is 1. The second kappa shape index (κ2) is 7.06. The van der Waals surface area contributed by atoms with Crippen LogP contribution in [0.4, 0.5) is 10.5 Å². The number of anilines is 1. The number of urea groups is 1. The Hall–Kier alpha value is -2.11. The number of ether oxygens (including phenoxy) is 1. The zero-order valence-electron chi connectivity index (χ0n) is 10.8. The first kappa shape index (κ1) is 15.3. The van der Waals surface area contributed by atoms with Crippen molar-refractivity contribution in [1.29, 1.82) is 0 Å². The highest BCUT2D eigenvalue weighted by Crippen LogP contribution is 2.27. The van der Waals surface area contributed by atoms with Crippen LogP contribution >= 0.6 is 23.2 Å². The number of hydrogen-bond acceptors (Lipinski definition) is 3. The van der Waals surface area contributed by atoms with Gasteiger partial charge in [-0.1, -0.05) is 35.3 Å². The molecule has 0 aliphatic heterocycles. The number of rotatable bonds is 4. The number of benzene rings is 2. The SMILES string of the molecule is O=C(NCOc1ccc(Cl)cc1Cl)Nc1ccccc1O. The number of carbonyl (C=O) groups is 1. The average molecular weight is 327 g/mol. The summed E-state index contributed by atoms with van der Waals surface area (Å²) in [6.07, 6.45) is 0. The van der Waals surface area contributed by atoms with Crippen molar-refractivity contribution < 1.29 is 14.6 Å². The van der Waals surface area contributed by atoms with Crippen LogP contribution in [0, 0.1) is 0 Å². The highest BCUT2D eigenvalue weighted by atomic mass is 35.5. The van der Waals surface area contributed by atoms with Crippen LogP contribution in [0.1, 0.15) is 0 Å². The third-order valence-electron chi connectivity index (χ3n) is 2.51. The van der Waals surface area contributed by atoms with Crippen molar-refractivity contribution >= 4 is 34.9 Å². The summed E-state index contributed by atoms with van der Waals surface area (Å²) in [5.41, 5.74) is 0.305. The summed E-state index contributed by atoms with van der Waals surface area (Å²) in [5, 5.41) is 15.3. The number of para-hydroxylation sites is 2. The Kier molecular flexibility index (Phi) is 5.14. The van der Waals surface area contributed by atoms with Gasteiger partial charge in [0.05, 0.1) is 10.7 Å². The van der Waals surface area contributed by atoms with Crippen molar-refractivity contribution in [2.24, 2.45) is 0 Å². The molecule has 3 N–H and O–H groups in total. The number of amides is 2. The normalized spacial score (nSPS) is 10.0. The molecule has 0 saturated carbocycles. The quantitative estimate of drug-likeness (QED) is 0.590. The van der Waals surface area contributed by atoms with E-state index in [-0.39, 0.29) is 12.5 Å². The predicted octanol–water partition coefficient (Wildman–Crippen LogP) is 3.86. The van der Waals surface area contributed by atoms with Crippen LogP contribution < -0.4 is 15.4 Å². The molecule has 0 aliphatic rings. The van der Waals surface area contributed by atoms with Gasteiger partial charge in [-0.05, 0) is 30.3 Å². The van der Waals surface area contributed by atoms with E-state index in [9.17, 15) is 9.90 Å². The summed E-state index contributed by atoms with van der Waals surface area (Å²) in [5.74, 6) is 0.387. The standard InChI is InChI=1S/C14H12Cl2N2O3/c15-9-5-6-13(10(16)7-9)21-8-17-14(20)18-11-3-1-2-4-12(11)19/h1-7,19H,8H2,(H2,17,18,20). The van der Waals surface area contributed by atoms with Gasteiger partial charge in [0.25, 0.3) is 0 Å². The molecular weight excluding hydrogens is 315 g/mol. The molecule has 2 amide bonds. The van der Waals surface area contributed by atoms with Gasteiger partial charge in [0, 0.05) is 5.02 Å². The lowest BCUT2D eigenvalue weighted by atomic mass is 10.3. The second-order valence-corrected chi connectivity index (χ2v) is 4.86. The zero-order valence-corrected chi connectivity index (χ0v) is 12.3. The molecule has 0 saturated heterocycles. The minimum Gasteiger partial charge on any atom is -0.506 e. The third-order valence-corrected chi connectivity index (χ3v) is 3.04. The minimum absolute atomic E-state index is 0.0192. The number of aromatic hydroxyl groups is 1. The number of carbonyl (C=O) groups excluding carboxylic acids is 1. The third kappa shape index (κ3) is 4.44. The van der Waals surface area contributed by atoms with Gasteiger partial charge in [-0.3, -0.25) is 0 Å². The van der Waals surface area contributed by atoms with Crippen molar-refractivity contribution in [3.05, 3.63) is 52.5 Å². The lowest BCUT2D eigenvalue weighted by Gasteiger charge is -2.11. The van der Waals surface area contributed by atoms with Crippen LogP contribution in [-0.4, -0.2) is 17.9 Å². The van der Waals surface area contributed by atoms with Gasteiger partial charge in [0.2, 0.25) is 0 Å². The molecule has 2 aromatic carbocycles. The molecule has 21 heavy (non-hydrogen) atoms. The molecule has 0 aromatic heterocycles. The molecule has 0 aliphatic carbocycles. The van der Waals surface area contributed by atoms with Crippen molar-refractivity contribution in [2.75, 3.05) is 12.0 Å². The second-order valence-electron chi connectivity index (χ2n) is 4.01. The highest BCUT2D eigenvalue weighted by molar-refractivity contribution is 6.35. The van der Waals surface area contributed by atoms with Gasteiger partial charge in [-0.2, -0.15) is 0 Å². The monoisotopic (exact) mass is 326 g/mol. The molecule has 5 nitrogen and oxygen atoms in total. The summed E-state index contributed by atoms with van der Waals surface area (Å²) in [6, 6.07) is 10.7. The fourth-order valence-electron chi connectivity index (χ4n) is 1.52. The molecule has 2 rings (SSSR count). The maximum absolute atomic E-state index is 11.6. The smallest absolute Gasteiger partial charge is 0.321 e. The zero-order chi connectivity index (χ0) is 15.2. The van der Waals surface area contributed by atoms with Crippen LogP contribution in [0.3, 0.4) is 0 Å². The van der Waals surface area contributed by atoms with E-state index in [1.165, 1.54) is 6.07 Å². The van der Waals surface area contributed by atoms with Crippen molar-refractivity contribution in [2.45, 2.75) is 0 Å². The molecule has 0 spiro atoms. The first-order valence-electron chi connectivity index (χ1n) is 5.97. The average Bonchev–Trinajstić information content (AvgIpc) is 2.44. The molecule has 0 unspecified atom stereocenters. The van der Waals surface area contributed by atoms with E-state index in [1.807, 2.05) is 0 Å².